The number of benzene rings is 1. The van der Waals surface area contributed by atoms with Gasteiger partial charge in [-0.25, -0.2) is 4.79 Å². The summed E-state index contributed by atoms with van der Waals surface area (Å²) in [5, 5.41) is 13.0. The zero-order valence-corrected chi connectivity index (χ0v) is 14.0. The van der Waals surface area contributed by atoms with Crippen LogP contribution in [-0.2, 0) is 4.74 Å². The van der Waals surface area contributed by atoms with Gasteiger partial charge in [0.1, 0.15) is 0 Å². The topological polar surface area (TPSA) is 61.8 Å². The van der Waals surface area contributed by atoms with E-state index in [0.717, 1.165) is 12.0 Å². The van der Waals surface area contributed by atoms with Crippen LogP contribution in [0.2, 0.25) is 0 Å². The number of nitrogens with one attached hydrogen (secondary N) is 1. The lowest BCUT2D eigenvalue weighted by molar-refractivity contribution is 0.0162. The van der Waals surface area contributed by atoms with Gasteiger partial charge in [0.05, 0.1) is 11.7 Å². The Bertz CT molecular complexity index is 448. The third-order valence-electron chi connectivity index (χ3n) is 3.82. The summed E-state index contributed by atoms with van der Waals surface area (Å²) in [6, 6.07) is 9.35. The smallest absolute Gasteiger partial charge is 0.317 e. The number of methoxy groups -OCH3 is 1. The van der Waals surface area contributed by atoms with E-state index in [0.29, 0.717) is 19.5 Å². The molecule has 0 aliphatic carbocycles. The van der Waals surface area contributed by atoms with Crippen LogP contribution >= 0.6 is 0 Å². The van der Waals surface area contributed by atoms with Crippen molar-refractivity contribution in [3.05, 3.63) is 35.9 Å². The molecule has 124 valence electrons. The Morgan fingerprint density at radius 3 is 2.59 bits per heavy atom. The molecular weight excluding hydrogens is 280 g/mol. The van der Waals surface area contributed by atoms with E-state index in [-0.39, 0.29) is 11.6 Å². The summed E-state index contributed by atoms with van der Waals surface area (Å²) < 4.78 is 5.31. The minimum absolute atomic E-state index is 0.132. The van der Waals surface area contributed by atoms with Crippen molar-refractivity contribution >= 4 is 6.03 Å². The monoisotopic (exact) mass is 308 g/mol. The number of nitrogens with zero attached hydrogens (tertiary/aromatic N) is 1. The molecule has 0 saturated heterocycles. The van der Waals surface area contributed by atoms with E-state index in [1.54, 1.807) is 19.1 Å². The molecule has 0 saturated carbocycles. The summed E-state index contributed by atoms with van der Waals surface area (Å²) in [5.41, 5.74) is 0.633. The highest BCUT2D eigenvalue weighted by Crippen LogP contribution is 2.16. The zero-order valence-electron chi connectivity index (χ0n) is 14.0. The van der Waals surface area contributed by atoms with Crippen LogP contribution in [0.5, 0.6) is 0 Å². The summed E-state index contributed by atoms with van der Waals surface area (Å²) in [6.07, 6.45) is 0.705. The van der Waals surface area contributed by atoms with Gasteiger partial charge in [-0.1, -0.05) is 30.3 Å². The molecule has 22 heavy (non-hydrogen) atoms. The summed E-state index contributed by atoms with van der Waals surface area (Å²) in [7, 11) is 3.40. The molecule has 1 aromatic rings. The largest absolute Gasteiger partial charge is 0.388 e. The second-order valence-electron chi connectivity index (χ2n) is 6.08. The van der Waals surface area contributed by atoms with Crippen LogP contribution in [0.15, 0.2) is 30.3 Å². The van der Waals surface area contributed by atoms with Crippen molar-refractivity contribution in [3.8, 4) is 0 Å². The Morgan fingerprint density at radius 2 is 2.00 bits per heavy atom. The number of ether oxygens (including phenoxy) is 1. The number of aliphatic hydroxyl groups excluding tert-OH is 1. The van der Waals surface area contributed by atoms with Gasteiger partial charge in [-0.3, -0.25) is 0 Å². The van der Waals surface area contributed by atoms with Crippen molar-refractivity contribution in [3.63, 3.8) is 0 Å². The summed E-state index contributed by atoms with van der Waals surface area (Å²) >= 11 is 0. The molecule has 1 atom stereocenters. The van der Waals surface area contributed by atoms with Crippen LogP contribution < -0.4 is 5.32 Å². The molecule has 0 spiro atoms. The van der Waals surface area contributed by atoms with E-state index >= 15 is 0 Å². The van der Waals surface area contributed by atoms with Crippen molar-refractivity contribution in [2.75, 3.05) is 27.2 Å². The van der Waals surface area contributed by atoms with Crippen molar-refractivity contribution in [1.29, 1.82) is 0 Å². The maximum Gasteiger partial charge on any atom is 0.317 e. The van der Waals surface area contributed by atoms with Crippen molar-refractivity contribution in [2.45, 2.75) is 38.4 Å². The molecule has 0 radical (unpaired) electrons. The number of hydrogen-bond acceptors (Lipinski definition) is 3. The summed E-state index contributed by atoms with van der Waals surface area (Å²) in [5.74, 6) is 0. The van der Waals surface area contributed by atoms with Gasteiger partial charge in [0.25, 0.3) is 0 Å². The molecule has 0 fully saturated rings. The van der Waals surface area contributed by atoms with Gasteiger partial charge in [0, 0.05) is 27.2 Å². The number of rotatable bonds is 8. The normalized spacial score (nSPS) is 12.8. The second-order valence-corrected chi connectivity index (χ2v) is 6.08. The lowest BCUT2D eigenvalue weighted by Gasteiger charge is -2.24. The van der Waals surface area contributed by atoms with E-state index in [2.05, 4.69) is 5.32 Å². The van der Waals surface area contributed by atoms with Gasteiger partial charge >= 0.3 is 6.03 Å². The Labute approximate surface area is 133 Å². The molecule has 0 aromatic heterocycles. The highest BCUT2D eigenvalue weighted by Gasteiger charge is 2.17. The number of urea groups is 1. The molecule has 0 aliphatic heterocycles. The molecule has 5 heteroatoms. The molecule has 5 nitrogen and oxygen atoms in total. The third-order valence-corrected chi connectivity index (χ3v) is 3.82. The number of carbonyl (C=O) groups excluding carboxylic acids is 1. The van der Waals surface area contributed by atoms with Crippen molar-refractivity contribution in [1.82, 2.24) is 10.2 Å². The molecule has 0 heterocycles. The van der Waals surface area contributed by atoms with Gasteiger partial charge in [-0.15, -0.1) is 0 Å². The first kappa shape index (κ1) is 18.5. The lowest BCUT2D eigenvalue weighted by Crippen LogP contribution is -2.40. The maximum atomic E-state index is 12.0. The van der Waals surface area contributed by atoms with Crippen LogP contribution in [0.1, 0.15) is 38.4 Å². The van der Waals surface area contributed by atoms with Crippen LogP contribution in [0.3, 0.4) is 0 Å². The molecule has 0 unspecified atom stereocenters. The first-order valence-corrected chi connectivity index (χ1v) is 7.63. The van der Waals surface area contributed by atoms with E-state index < -0.39 is 6.10 Å². The van der Waals surface area contributed by atoms with Crippen molar-refractivity contribution in [2.24, 2.45) is 0 Å². The highest BCUT2D eigenvalue weighted by molar-refractivity contribution is 5.73. The fourth-order valence-corrected chi connectivity index (χ4v) is 1.97. The first-order chi connectivity index (χ1) is 10.4. The minimum Gasteiger partial charge on any atom is -0.388 e. The molecule has 1 rings (SSSR count). The Hall–Kier alpha value is -1.59. The number of amides is 2. The van der Waals surface area contributed by atoms with Gasteiger partial charge in [0.2, 0.25) is 0 Å². The van der Waals surface area contributed by atoms with Crippen LogP contribution in [0.25, 0.3) is 0 Å². The third kappa shape index (κ3) is 6.45. The van der Waals surface area contributed by atoms with Crippen LogP contribution in [-0.4, -0.2) is 48.9 Å². The Morgan fingerprint density at radius 1 is 1.36 bits per heavy atom. The van der Waals surface area contributed by atoms with E-state index in [9.17, 15) is 9.90 Å². The average Bonchev–Trinajstić information content (AvgIpc) is 2.52. The van der Waals surface area contributed by atoms with Gasteiger partial charge in [-0.05, 0) is 32.3 Å². The molecule has 2 amide bonds. The van der Waals surface area contributed by atoms with E-state index in [4.69, 9.17) is 4.74 Å². The molecule has 2 N–H and O–H groups in total. The Kier molecular flexibility index (Phi) is 7.35. The van der Waals surface area contributed by atoms with Crippen molar-refractivity contribution < 1.29 is 14.6 Å². The summed E-state index contributed by atoms with van der Waals surface area (Å²) in [4.78, 5) is 13.5. The van der Waals surface area contributed by atoms with Gasteiger partial charge in [-0.2, -0.15) is 0 Å². The van der Waals surface area contributed by atoms with E-state index in [1.807, 2.05) is 44.2 Å². The maximum absolute atomic E-state index is 12.0. The highest BCUT2D eigenvalue weighted by atomic mass is 16.5. The van der Waals surface area contributed by atoms with Crippen LogP contribution in [0, 0.1) is 0 Å². The average molecular weight is 308 g/mol. The second kappa shape index (κ2) is 8.76. The standard InChI is InChI=1S/C17H28N2O3/c1-17(2,22-4)11-12-18-16(21)19(3)13-10-15(20)14-8-6-5-7-9-14/h5-9,15,20H,10-13H2,1-4H3,(H,18,21)/t15-/m1/s1. The first-order valence-electron chi connectivity index (χ1n) is 7.63. The number of hydrogen-bond donors (Lipinski definition) is 2. The lowest BCUT2D eigenvalue weighted by atomic mass is 10.1. The van der Waals surface area contributed by atoms with Gasteiger partial charge < -0.3 is 20.1 Å². The predicted molar refractivity (Wildman–Crippen MR) is 87.8 cm³/mol. The minimum atomic E-state index is -0.552. The van der Waals surface area contributed by atoms with E-state index in [1.165, 1.54) is 0 Å². The predicted octanol–water partition coefficient (Wildman–Crippen LogP) is 2.57. The Balaban J connectivity index is 2.29. The number of aliphatic hydroxyl groups is 1. The quantitative estimate of drug-likeness (QED) is 0.776. The van der Waals surface area contributed by atoms with Crippen LogP contribution in [0.4, 0.5) is 4.79 Å². The summed E-state index contributed by atoms with van der Waals surface area (Å²) in [6.45, 7) is 5.03. The molecule has 1 aromatic carbocycles. The molecular formula is C17H28N2O3. The molecule has 0 bridgehead atoms. The number of carbonyl (C=O) groups is 1. The van der Waals surface area contributed by atoms with Gasteiger partial charge in [0.15, 0.2) is 0 Å². The fourth-order valence-electron chi connectivity index (χ4n) is 1.97. The SMILES string of the molecule is COC(C)(C)CCNC(=O)N(C)CC[C@@H](O)c1ccccc1. The molecule has 0 aliphatic rings. The zero-order chi connectivity index (χ0) is 16.6. The fraction of sp³-hybridized carbons (Fsp3) is 0.588.